The Balaban J connectivity index is 1.51. The molecule has 0 aromatic heterocycles. The molecule has 0 spiro atoms. The number of amides is 1. The maximum atomic E-state index is 13.2. The van der Waals surface area contributed by atoms with Gasteiger partial charge in [-0.15, -0.1) is 0 Å². The topological polar surface area (TPSA) is 44.8 Å². The van der Waals surface area contributed by atoms with Crippen LogP contribution in [0, 0.1) is 0 Å². The Labute approximate surface area is 136 Å². The van der Waals surface area contributed by atoms with Gasteiger partial charge in [0.1, 0.15) is 11.9 Å². The molecule has 0 radical (unpaired) electrons. The van der Waals surface area contributed by atoms with Gasteiger partial charge in [-0.05, 0) is 6.07 Å². The summed E-state index contributed by atoms with van der Waals surface area (Å²) in [6.07, 6.45) is -0.587. The van der Waals surface area contributed by atoms with Crippen molar-refractivity contribution < 1.29 is 13.9 Å². The second-order valence-electron chi connectivity index (χ2n) is 6.21. The first-order valence-corrected chi connectivity index (χ1v) is 8.18. The molecule has 0 saturated carbocycles. The molecule has 1 amide bonds. The molecule has 1 N–H and O–H groups in total. The van der Waals surface area contributed by atoms with Crippen molar-refractivity contribution in [2.75, 3.05) is 39.8 Å². The van der Waals surface area contributed by atoms with E-state index >= 15 is 0 Å². The number of para-hydroxylation sites is 1. The van der Waals surface area contributed by atoms with Gasteiger partial charge in [0.2, 0.25) is 5.91 Å². The number of rotatable bonds is 4. The Hall–Kier alpha value is -1.66. The quantitative estimate of drug-likeness (QED) is 0.900. The fourth-order valence-corrected chi connectivity index (χ4v) is 3.30. The number of carbonyl (C=O) groups is 1. The molecule has 126 valence electrons. The summed E-state index contributed by atoms with van der Waals surface area (Å²) in [6, 6.07) is 7.67. The number of benzene rings is 1. The zero-order valence-corrected chi connectivity index (χ0v) is 13.5. The van der Waals surface area contributed by atoms with Gasteiger partial charge in [0.15, 0.2) is 0 Å². The van der Waals surface area contributed by atoms with Crippen molar-refractivity contribution in [3.8, 4) is 5.75 Å². The summed E-state index contributed by atoms with van der Waals surface area (Å²) >= 11 is 0. The van der Waals surface area contributed by atoms with Gasteiger partial charge in [-0.2, -0.15) is 0 Å². The Morgan fingerprint density at radius 2 is 2.04 bits per heavy atom. The SMILES string of the molecule is COc1ccccc1CN1CCN(C(=O)[C@H]2C[C@H](F)CN2)CC1. The van der Waals surface area contributed by atoms with Gasteiger partial charge in [0, 0.05) is 51.3 Å². The van der Waals surface area contributed by atoms with Gasteiger partial charge in [-0.25, -0.2) is 4.39 Å². The summed E-state index contributed by atoms with van der Waals surface area (Å²) < 4.78 is 18.6. The summed E-state index contributed by atoms with van der Waals surface area (Å²) in [5.41, 5.74) is 1.16. The highest BCUT2D eigenvalue weighted by Crippen LogP contribution is 2.20. The lowest BCUT2D eigenvalue weighted by molar-refractivity contribution is -0.135. The van der Waals surface area contributed by atoms with E-state index in [2.05, 4.69) is 16.3 Å². The minimum atomic E-state index is -0.893. The monoisotopic (exact) mass is 321 g/mol. The molecular weight excluding hydrogens is 297 g/mol. The molecular formula is C17H24FN3O2. The molecule has 2 fully saturated rings. The number of alkyl halides is 1. The lowest BCUT2D eigenvalue weighted by Crippen LogP contribution is -2.52. The minimum Gasteiger partial charge on any atom is -0.496 e. The van der Waals surface area contributed by atoms with Gasteiger partial charge in [0.05, 0.1) is 13.2 Å². The maximum Gasteiger partial charge on any atom is 0.239 e. The number of nitrogens with one attached hydrogen (secondary N) is 1. The molecule has 3 rings (SSSR count). The molecule has 0 aliphatic carbocycles. The van der Waals surface area contributed by atoms with E-state index in [1.807, 2.05) is 23.1 Å². The average Bonchev–Trinajstić information content (AvgIpc) is 3.02. The van der Waals surface area contributed by atoms with Crippen LogP contribution < -0.4 is 10.1 Å². The summed E-state index contributed by atoms with van der Waals surface area (Å²) in [5.74, 6) is 0.942. The van der Waals surface area contributed by atoms with Crippen LogP contribution in [0.1, 0.15) is 12.0 Å². The van der Waals surface area contributed by atoms with E-state index in [0.29, 0.717) is 26.1 Å². The van der Waals surface area contributed by atoms with E-state index in [1.54, 1.807) is 7.11 Å². The van der Waals surface area contributed by atoms with Crippen LogP contribution in [-0.4, -0.2) is 67.8 Å². The van der Waals surface area contributed by atoms with Crippen molar-refractivity contribution in [3.05, 3.63) is 29.8 Å². The number of hydrogen-bond donors (Lipinski definition) is 1. The van der Waals surface area contributed by atoms with Crippen molar-refractivity contribution in [3.63, 3.8) is 0 Å². The molecule has 2 atom stereocenters. The van der Waals surface area contributed by atoms with Crippen molar-refractivity contribution in [1.29, 1.82) is 0 Å². The first-order valence-electron chi connectivity index (χ1n) is 8.18. The number of piperazine rings is 1. The lowest BCUT2D eigenvalue weighted by atomic mass is 10.1. The predicted molar refractivity (Wildman–Crippen MR) is 86.2 cm³/mol. The van der Waals surface area contributed by atoms with Gasteiger partial charge < -0.3 is 15.0 Å². The van der Waals surface area contributed by atoms with E-state index in [1.165, 1.54) is 0 Å². The largest absolute Gasteiger partial charge is 0.496 e. The third-order valence-electron chi connectivity index (χ3n) is 4.65. The van der Waals surface area contributed by atoms with Crippen molar-refractivity contribution in [2.45, 2.75) is 25.2 Å². The van der Waals surface area contributed by atoms with Gasteiger partial charge in [-0.3, -0.25) is 9.69 Å². The number of hydrogen-bond acceptors (Lipinski definition) is 4. The first-order chi connectivity index (χ1) is 11.2. The molecule has 2 aliphatic heterocycles. The number of nitrogens with zero attached hydrogens (tertiary/aromatic N) is 2. The normalized spacial score (nSPS) is 25.6. The third kappa shape index (κ3) is 3.82. The standard InChI is InChI=1S/C17H24FN3O2/c1-23-16-5-3-2-4-13(16)12-20-6-8-21(9-7-20)17(22)15-10-14(18)11-19-15/h2-5,14-15,19H,6-12H2,1H3/t14-,15+/m0/s1. The molecule has 23 heavy (non-hydrogen) atoms. The highest BCUT2D eigenvalue weighted by Gasteiger charge is 2.33. The van der Waals surface area contributed by atoms with Crippen LogP contribution >= 0.6 is 0 Å². The van der Waals surface area contributed by atoms with Crippen LogP contribution in [0.2, 0.25) is 0 Å². The van der Waals surface area contributed by atoms with Crippen LogP contribution in [0.15, 0.2) is 24.3 Å². The molecule has 1 aromatic carbocycles. The minimum absolute atomic E-state index is 0.0436. The van der Waals surface area contributed by atoms with Crippen LogP contribution in [0.5, 0.6) is 5.75 Å². The van der Waals surface area contributed by atoms with Crippen LogP contribution in [0.3, 0.4) is 0 Å². The third-order valence-corrected chi connectivity index (χ3v) is 4.65. The predicted octanol–water partition coefficient (Wildman–Crippen LogP) is 1.04. The van der Waals surface area contributed by atoms with Crippen molar-refractivity contribution >= 4 is 5.91 Å². The molecule has 0 unspecified atom stereocenters. The van der Waals surface area contributed by atoms with E-state index in [9.17, 15) is 9.18 Å². The number of methoxy groups -OCH3 is 1. The molecule has 2 saturated heterocycles. The smallest absolute Gasteiger partial charge is 0.239 e. The summed E-state index contributed by atoms with van der Waals surface area (Å²) in [6.45, 7) is 4.17. The summed E-state index contributed by atoms with van der Waals surface area (Å²) in [4.78, 5) is 16.5. The second-order valence-corrected chi connectivity index (χ2v) is 6.21. The second kappa shape index (κ2) is 7.27. The van der Waals surface area contributed by atoms with E-state index in [4.69, 9.17) is 4.74 Å². The highest BCUT2D eigenvalue weighted by atomic mass is 19.1. The zero-order chi connectivity index (χ0) is 16.2. The van der Waals surface area contributed by atoms with Gasteiger partial charge >= 0.3 is 0 Å². The van der Waals surface area contributed by atoms with E-state index < -0.39 is 6.17 Å². The van der Waals surface area contributed by atoms with Crippen LogP contribution in [0.4, 0.5) is 4.39 Å². The Morgan fingerprint density at radius 1 is 1.30 bits per heavy atom. The number of ether oxygens (including phenoxy) is 1. The fraction of sp³-hybridized carbons (Fsp3) is 0.588. The first kappa shape index (κ1) is 16.2. The molecule has 0 bridgehead atoms. The van der Waals surface area contributed by atoms with Gasteiger partial charge in [-0.1, -0.05) is 18.2 Å². The summed E-state index contributed by atoms with van der Waals surface area (Å²) in [5, 5.41) is 2.97. The molecule has 5 nitrogen and oxygen atoms in total. The zero-order valence-electron chi connectivity index (χ0n) is 13.5. The fourth-order valence-electron chi connectivity index (χ4n) is 3.30. The average molecular weight is 321 g/mol. The molecule has 2 aliphatic rings. The van der Waals surface area contributed by atoms with Crippen LogP contribution in [-0.2, 0) is 11.3 Å². The van der Waals surface area contributed by atoms with E-state index in [-0.39, 0.29) is 11.9 Å². The number of halogens is 1. The Kier molecular flexibility index (Phi) is 5.13. The molecule has 1 aromatic rings. The van der Waals surface area contributed by atoms with E-state index in [0.717, 1.165) is 30.9 Å². The number of carbonyl (C=O) groups excluding carboxylic acids is 1. The molecule has 2 heterocycles. The van der Waals surface area contributed by atoms with Gasteiger partial charge in [0.25, 0.3) is 0 Å². The summed E-state index contributed by atoms with van der Waals surface area (Å²) in [7, 11) is 1.68. The Bertz CT molecular complexity index is 546. The molecule has 6 heteroatoms. The Morgan fingerprint density at radius 3 is 2.70 bits per heavy atom. The van der Waals surface area contributed by atoms with Crippen LogP contribution in [0.25, 0.3) is 0 Å². The van der Waals surface area contributed by atoms with Crippen molar-refractivity contribution in [2.24, 2.45) is 0 Å². The van der Waals surface area contributed by atoms with Crippen molar-refractivity contribution in [1.82, 2.24) is 15.1 Å². The lowest BCUT2D eigenvalue weighted by Gasteiger charge is -2.36. The maximum absolute atomic E-state index is 13.2. The highest BCUT2D eigenvalue weighted by molar-refractivity contribution is 5.82.